The van der Waals surface area contributed by atoms with E-state index in [2.05, 4.69) is 36.1 Å². The molecule has 2 aromatic carbocycles. The maximum Gasteiger partial charge on any atom is 0.271 e. The van der Waals surface area contributed by atoms with Gasteiger partial charge in [-0.2, -0.15) is 5.11 Å². The summed E-state index contributed by atoms with van der Waals surface area (Å²) in [6.45, 7) is 7.29. The lowest BCUT2D eigenvalue weighted by molar-refractivity contribution is -0.891. The van der Waals surface area contributed by atoms with Crippen molar-refractivity contribution in [1.82, 2.24) is 0 Å². The first-order valence-corrected chi connectivity index (χ1v) is 10.2. The van der Waals surface area contributed by atoms with Crippen LogP contribution in [-0.4, -0.2) is 60.9 Å². The van der Waals surface area contributed by atoms with Crippen LogP contribution in [0.4, 0.5) is 22.7 Å². The summed E-state index contributed by atoms with van der Waals surface area (Å²) in [6.07, 6.45) is -0.330. The molecule has 8 nitrogen and oxygen atoms in total. The number of nitro groups is 1. The summed E-state index contributed by atoms with van der Waals surface area (Å²) in [5, 5.41) is 28.9. The Labute approximate surface area is 182 Å². The number of hydrogen-bond acceptors (Lipinski definition) is 6. The van der Waals surface area contributed by atoms with Gasteiger partial charge < -0.3 is 14.5 Å². The van der Waals surface area contributed by atoms with Crippen molar-refractivity contribution in [3.63, 3.8) is 0 Å². The zero-order chi connectivity index (χ0) is 22.3. The number of nitrogens with zero attached hydrogens (tertiary/aromatic N) is 5. The molecule has 0 aliphatic rings. The van der Waals surface area contributed by atoms with Gasteiger partial charge >= 0.3 is 0 Å². The monoisotopic (exact) mass is 434 g/mol. The first-order valence-electron chi connectivity index (χ1n) is 9.82. The van der Waals surface area contributed by atoms with Gasteiger partial charge in [-0.1, -0.05) is 11.6 Å². The van der Waals surface area contributed by atoms with Gasteiger partial charge in [0.15, 0.2) is 0 Å². The second-order valence-electron chi connectivity index (χ2n) is 7.88. The molecule has 1 atom stereocenters. The van der Waals surface area contributed by atoms with Crippen LogP contribution in [0, 0.1) is 10.1 Å². The molecule has 162 valence electrons. The highest BCUT2D eigenvalue weighted by Crippen LogP contribution is 2.30. The van der Waals surface area contributed by atoms with Crippen LogP contribution in [0.15, 0.2) is 52.7 Å². The fraction of sp³-hybridized carbons (Fsp3) is 0.429. The van der Waals surface area contributed by atoms with Gasteiger partial charge in [0.05, 0.1) is 42.8 Å². The Morgan fingerprint density at radius 3 is 2.40 bits per heavy atom. The van der Waals surface area contributed by atoms with E-state index in [0.717, 1.165) is 29.8 Å². The number of anilines is 1. The van der Waals surface area contributed by atoms with Gasteiger partial charge in [0.2, 0.25) is 0 Å². The van der Waals surface area contributed by atoms with E-state index < -0.39 is 4.92 Å². The molecule has 0 heterocycles. The molecule has 0 aliphatic carbocycles. The molecule has 2 aromatic rings. The fourth-order valence-corrected chi connectivity index (χ4v) is 3.41. The number of aliphatic hydroxyl groups excluding tert-OH is 1. The molecule has 0 aromatic heterocycles. The first kappa shape index (κ1) is 23.7. The Kier molecular flexibility index (Phi) is 8.28. The van der Waals surface area contributed by atoms with E-state index in [4.69, 9.17) is 11.6 Å². The fourth-order valence-electron chi connectivity index (χ4n) is 3.20. The molecule has 0 saturated heterocycles. The molecule has 0 saturated carbocycles. The van der Waals surface area contributed by atoms with Gasteiger partial charge in [-0.3, -0.25) is 10.1 Å². The highest BCUT2D eigenvalue weighted by molar-refractivity contribution is 6.33. The summed E-state index contributed by atoms with van der Waals surface area (Å²) in [5.41, 5.74) is 2.04. The molecule has 0 bridgehead atoms. The van der Waals surface area contributed by atoms with Crippen LogP contribution in [-0.2, 0) is 0 Å². The van der Waals surface area contributed by atoms with E-state index in [1.165, 1.54) is 18.2 Å². The number of non-ortho nitro benzene ring substituents is 1. The van der Waals surface area contributed by atoms with Crippen LogP contribution >= 0.6 is 11.6 Å². The van der Waals surface area contributed by atoms with Gasteiger partial charge in [-0.05, 0) is 44.2 Å². The molecule has 9 heteroatoms. The lowest BCUT2D eigenvalue weighted by Gasteiger charge is -2.34. The molecule has 1 N–H and O–H groups in total. The Hall–Kier alpha value is -2.55. The van der Waals surface area contributed by atoms with E-state index in [1.54, 1.807) is 0 Å². The highest BCUT2D eigenvalue weighted by atomic mass is 35.5. The van der Waals surface area contributed by atoms with Gasteiger partial charge in [-0.15, -0.1) is 5.11 Å². The molecular weight excluding hydrogens is 406 g/mol. The van der Waals surface area contributed by atoms with E-state index in [1.807, 2.05) is 31.2 Å². The second-order valence-corrected chi connectivity index (χ2v) is 8.29. The van der Waals surface area contributed by atoms with Crippen molar-refractivity contribution >= 4 is 34.4 Å². The van der Waals surface area contributed by atoms with Crippen molar-refractivity contribution in [3.05, 3.63) is 57.6 Å². The average Bonchev–Trinajstić information content (AvgIpc) is 2.67. The van der Waals surface area contributed by atoms with Crippen LogP contribution < -0.4 is 4.90 Å². The summed E-state index contributed by atoms with van der Waals surface area (Å²) in [4.78, 5) is 12.5. The Morgan fingerprint density at radius 2 is 1.87 bits per heavy atom. The number of aliphatic hydroxyl groups is 1. The second kappa shape index (κ2) is 10.5. The third kappa shape index (κ3) is 7.05. The molecule has 2 rings (SSSR count). The average molecular weight is 435 g/mol. The van der Waals surface area contributed by atoms with Gasteiger partial charge in [0, 0.05) is 24.4 Å². The van der Waals surface area contributed by atoms with Crippen LogP contribution in [0.2, 0.25) is 5.02 Å². The lowest BCUT2D eigenvalue weighted by atomic mass is 10.2. The molecule has 1 unspecified atom stereocenters. The number of likely N-dealkylation sites (N-methyl/N-ethyl adjacent to an activating group) is 2. The Morgan fingerprint density at radius 1 is 1.20 bits per heavy atom. The minimum absolute atomic E-state index is 0.0850. The number of quaternary nitrogens is 1. The normalized spacial score (nSPS) is 12.9. The zero-order valence-corrected chi connectivity index (χ0v) is 18.6. The summed E-state index contributed by atoms with van der Waals surface area (Å²) >= 11 is 6.05. The van der Waals surface area contributed by atoms with Gasteiger partial charge in [0.25, 0.3) is 5.69 Å². The zero-order valence-electron chi connectivity index (χ0n) is 17.8. The van der Waals surface area contributed by atoms with Crippen molar-refractivity contribution in [1.29, 1.82) is 0 Å². The lowest BCUT2D eigenvalue weighted by Crippen LogP contribution is -2.49. The van der Waals surface area contributed by atoms with Crippen LogP contribution in [0.3, 0.4) is 0 Å². The first-order chi connectivity index (χ1) is 14.1. The van der Waals surface area contributed by atoms with Gasteiger partial charge in [-0.25, -0.2) is 0 Å². The standard InChI is InChI=1S/C21H29ClN5O3/c1-5-25(12-13-27(3,4)15-16(2)28)18-8-6-17(7-9-18)23-24-21-11-10-19(26(29)30)14-20(21)22/h6-11,14,16,28H,5,12-13,15H2,1-4H3/q+1. The third-order valence-corrected chi connectivity index (χ3v) is 5.05. The summed E-state index contributed by atoms with van der Waals surface area (Å²) in [5.74, 6) is 0. The van der Waals surface area contributed by atoms with E-state index in [0.29, 0.717) is 17.9 Å². The molecular formula is C21H29ClN5O3+. The number of azo groups is 1. The molecule has 0 spiro atoms. The maximum atomic E-state index is 10.8. The van der Waals surface area contributed by atoms with Crippen molar-refractivity contribution in [2.75, 3.05) is 45.2 Å². The molecule has 0 aliphatic heterocycles. The van der Waals surface area contributed by atoms with E-state index in [-0.39, 0.29) is 16.8 Å². The Balaban J connectivity index is 2.04. The highest BCUT2D eigenvalue weighted by Gasteiger charge is 2.19. The number of hydrogen-bond donors (Lipinski definition) is 1. The molecule has 0 amide bonds. The van der Waals surface area contributed by atoms with Crippen molar-refractivity contribution < 1.29 is 14.5 Å². The molecule has 0 fully saturated rings. The predicted octanol–water partition coefficient (Wildman–Crippen LogP) is 4.95. The van der Waals surface area contributed by atoms with Crippen LogP contribution in [0.25, 0.3) is 0 Å². The smallest absolute Gasteiger partial charge is 0.271 e. The maximum absolute atomic E-state index is 10.8. The number of nitro benzene ring substituents is 1. The topological polar surface area (TPSA) is 91.3 Å². The van der Waals surface area contributed by atoms with Crippen molar-refractivity contribution in [2.24, 2.45) is 10.2 Å². The largest absolute Gasteiger partial charge is 0.388 e. The molecule has 30 heavy (non-hydrogen) atoms. The number of benzene rings is 2. The summed E-state index contributed by atoms with van der Waals surface area (Å²) in [7, 11) is 4.24. The van der Waals surface area contributed by atoms with Gasteiger partial charge in [0.1, 0.15) is 18.3 Å². The minimum Gasteiger partial charge on any atom is -0.388 e. The number of halogens is 1. The summed E-state index contributed by atoms with van der Waals surface area (Å²) in [6, 6.07) is 11.8. The summed E-state index contributed by atoms with van der Waals surface area (Å²) < 4.78 is 0.746. The van der Waals surface area contributed by atoms with Crippen molar-refractivity contribution in [3.8, 4) is 0 Å². The molecule has 0 radical (unpaired) electrons. The van der Waals surface area contributed by atoms with Crippen LogP contribution in [0.5, 0.6) is 0 Å². The Bertz CT molecular complexity index is 885. The SMILES string of the molecule is CCN(CC[N+](C)(C)CC(C)O)c1ccc(N=Nc2ccc([N+](=O)[O-])cc2Cl)cc1. The quantitative estimate of drug-likeness (QED) is 0.248. The predicted molar refractivity (Wildman–Crippen MR) is 120 cm³/mol. The van der Waals surface area contributed by atoms with E-state index in [9.17, 15) is 15.2 Å². The van der Waals surface area contributed by atoms with Crippen molar-refractivity contribution in [2.45, 2.75) is 20.0 Å². The van der Waals surface area contributed by atoms with Crippen LogP contribution in [0.1, 0.15) is 13.8 Å². The number of rotatable bonds is 10. The van der Waals surface area contributed by atoms with E-state index >= 15 is 0 Å². The minimum atomic E-state index is -0.505. The third-order valence-electron chi connectivity index (χ3n) is 4.75.